The number of methoxy groups -OCH3 is 1. The minimum absolute atomic E-state index is 0.315. The van der Waals surface area contributed by atoms with Crippen LogP contribution in [0.1, 0.15) is 35.6 Å². The van der Waals surface area contributed by atoms with Crippen LogP contribution in [0, 0.1) is 11.8 Å². The van der Waals surface area contributed by atoms with Gasteiger partial charge in [-0.05, 0) is 41.8 Å². The summed E-state index contributed by atoms with van der Waals surface area (Å²) in [6, 6.07) is 16.6. The number of hydrogen-bond acceptors (Lipinski definition) is 2. The lowest BCUT2D eigenvalue weighted by molar-refractivity contribution is -0.0390. The second-order valence-corrected chi connectivity index (χ2v) is 5.15. The molecule has 2 aromatic carbocycles. The van der Waals surface area contributed by atoms with Crippen molar-refractivity contribution >= 4 is 0 Å². The predicted octanol–water partition coefficient (Wildman–Crippen LogP) is 4.16. The Kier molecular flexibility index (Phi) is 6.70. The van der Waals surface area contributed by atoms with Crippen molar-refractivity contribution in [1.29, 1.82) is 0 Å². The Hall–Kier alpha value is -2.08. The highest BCUT2D eigenvalue weighted by atomic mass is 16.7. The molecule has 0 radical (unpaired) electrons. The summed E-state index contributed by atoms with van der Waals surface area (Å²) in [4.78, 5) is 0. The fraction of sp³-hybridized carbons (Fsp3) is 0.300. The Morgan fingerprint density at radius 1 is 0.818 bits per heavy atom. The van der Waals surface area contributed by atoms with Crippen molar-refractivity contribution in [3.63, 3.8) is 0 Å². The van der Waals surface area contributed by atoms with E-state index in [1.54, 1.807) is 7.11 Å². The van der Waals surface area contributed by atoms with E-state index in [1.807, 2.05) is 24.3 Å². The first-order valence-electron chi connectivity index (χ1n) is 7.58. The second kappa shape index (κ2) is 9.04. The van der Waals surface area contributed by atoms with Crippen molar-refractivity contribution in [3.8, 4) is 11.8 Å². The SMILES string of the molecule is CCCc1ccc(C#Cc2ccc(COCOC)cc2)cc1. The molecular weight excluding hydrogens is 272 g/mol. The van der Waals surface area contributed by atoms with Crippen molar-refractivity contribution in [2.75, 3.05) is 13.9 Å². The Balaban J connectivity index is 1.96. The highest BCUT2D eigenvalue weighted by Gasteiger charge is 1.94. The number of benzene rings is 2. The summed E-state index contributed by atoms with van der Waals surface area (Å²) in [6.07, 6.45) is 2.30. The van der Waals surface area contributed by atoms with Crippen LogP contribution < -0.4 is 0 Å². The highest BCUT2D eigenvalue weighted by molar-refractivity contribution is 5.44. The van der Waals surface area contributed by atoms with Crippen LogP contribution >= 0.6 is 0 Å². The molecule has 2 aromatic rings. The van der Waals surface area contributed by atoms with Gasteiger partial charge in [0.15, 0.2) is 0 Å². The maximum absolute atomic E-state index is 5.31. The lowest BCUT2D eigenvalue weighted by Crippen LogP contribution is -1.96. The zero-order valence-electron chi connectivity index (χ0n) is 13.3. The Labute approximate surface area is 133 Å². The van der Waals surface area contributed by atoms with Gasteiger partial charge in [-0.25, -0.2) is 0 Å². The molecular formula is C20H22O2. The Morgan fingerprint density at radius 3 is 1.86 bits per heavy atom. The van der Waals surface area contributed by atoms with Crippen LogP contribution in [0.3, 0.4) is 0 Å². The van der Waals surface area contributed by atoms with Gasteiger partial charge in [0, 0.05) is 18.2 Å². The summed E-state index contributed by atoms with van der Waals surface area (Å²) < 4.78 is 10.2. The first-order chi connectivity index (χ1) is 10.8. The van der Waals surface area contributed by atoms with Crippen LogP contribution in [0.15, 0.2) is 48.5 Å². The third-order valence-electron chi connectivity index (χ3n) is 3.27. The van der Waals surface area contributed by atoms with Crippen LogP contribution in [-0.4, -0.2) is 13.9 Å². The third kappa shape index (κ3) is 5.37. The molecule has 0 saturated carbocycles. The fourth-order valence-electron chi connectivity index (χ4n) is 2.11. The molecule has 0 saturated heterocycles. The van der Waals surface area contributed by atoms with Gasteiger partial charge in [0.1, 0.15) is 6.79 Å². The molecule has 2 nitrogen and oxygen atoms in total. The summed E-state index contributed by atoms with van der Waals surface area (Å²) in [5, 5.41) is 0. The predicted molar refractivity (Wildman–Crippen MR) is 89.5 cm³/mol. The largest absolute Gasteiger partial charge is 0.359 e. The van der Waals surface area contributed by atoms with E-state index in [9.17, 15) is 0 Å². The molecule has 0 amide bonds. The molecule has 0 spiro atoms. The summed E-state index contributed by atoms with van der Waals surface area (Å²) in [6.45, 7) is 3.06. The van der Waals surface area contributed by atoms with E-state index in [2.05, 4.69) is 43.0 Å². The van der Waals surface area contributed by atoms with E-state index in [1.165, 1.54) is 12.0 Å². The molecule has 0 unspecified atom stereocenters. The highest BCUT2D eigenvalue weighted by Crippen LogP contribution is 2.07. The standard InChI is InChI=1S/C20H22O2/c1-3-4-17-5-7-18(8-6-17)9-10-19-11-13-20(14-12-19)15-22-16-21-2/h5-8,11-14H,3-4,15-16H2,1-2H3. The summed E-state index contributed by atoms with van der Waals surface area (Å²) >= 11 is 0. The zero-order valence-corrected chi connectivity index (χ0v) is 13.3. The molecule has 0 aliphatic heterocycles. The van der Waals surface area contributed by atoms with E-state index in [0.717, 1.165) is 23.1 Å². The molecule has 0 heterocycles. The first kappa shape index (κ1) is 16.3. The van der Waals surface area contributed by atoms with Gasteiger partial charge in [-0.15, -0.1) is 0 Å². The lowest BCUT2D eigenvalue weighted by Gasteiger charge is -2.02. The molecule has 0 aromatic heterocycles. The van der Waals surface area contributed by atoms with Gasteiger partial charge < -0.3 is 9.47 Å². The summed E-state index contributed by atoms with van der Waals surface area (Å²) in [5.41, 5.74) is 4.54. The van der Waals surface area contributed by atoms with Gasteiger partial charge >= 0.3 is 0 Å². The molecule has 0 atom stereocenters. The van der Waals surface area contributed by atoms with E-state index in [0.29, 0.717) is 13.4 Å². The molecule has 114 valence electrons. The molecule has 2 rings (SSSR count). The third-order valence-corrected chi connectivity index (χ3v) is 3.27. The van der Waals surface area contributed by atoms with Crippen molar-refractivity contribution in [2.45, 2.75) is 26.4 Å². The van der Waals surface area contributed by atoms with E-state index < -0.39 is 0 Å². The average molecular weight is 294 g/mol. The molecule has 0 fully saturated rings. The number of aryl methyl sites for hydroxylation is 1. The van der Waals surface area contributed by atoms with Gasteiger partial charge in [0.2, 0.25) is 0 Å². The molecule has 0 aliphatic rings. The minimum Gasteiger partial charge on any atom is -0.359 e. The average Bonchev–Trinajstić information content (AvgIpc) is 2.56. The normalized spacial score (nSPS) is 10.1. The maximum Gasteiger partial charge on any atom is 0.146 e. The minimum atomic E-state index is 0.315. The zero-order chi connectivity index (χ0) is 15.6. The van der Waals surface area contributed by atoms with Crippen molar-refractivity contribution in [2.24, 2.45) is 0 Å². The monoisotopic (exact) mass is 294 g/mol. The van der Waals surface area contributed by atoms with Gasteiger partial charge in [0.05, 0.1) is 6.61 Å². The molecule has 22 heavy (non-hydrogen) atoms. The lowest BCUT2D eigenvalue weighted by atomic mass is 10.1. The Morgan fingerprint density at radius 2 is 1.36 bits per heavy atom. The number of hydrogen-bond donors (Lipinski definition) is 0. The number of rotatable bonds is 6. The number of ether oxygens (including phenoxy) is 2. The molecule has 0 aliphatic carbocycles. The van der Waals surface area contributed by atoms with E-state index >= 15 is 0 Å². The summed E-state index contributed by atoms with van der Waals surface area (Å²) in [5.74, 6) is 6.39. The van der Waals surface area contributed by atoms with Crippen molar-refractivity contribution < 1.29 is 9.47 Å². The van der Waals surface area contributed by atoms with Crippen LogP contribution in [0.4, 0.5) is 0 Å². The quantitative estimate of drug-likeness (QED) is 0.452. The molecule has 0 bridgehead atoms. The van der Waals surface area contributed by atoms with Gasteiger partial charge in [-0.2, -0.15) is 0 Å². The van der Waals surface area contributed by atoms with Crippen LogP contribution in [0.5, 0.6) is 0 Å². The summed E-state index contributed by atoms with van der Waals surface area (Å²) in [7, 11) is 1.62. The van der Waals surface area contributed by atoms with Crippen LogP contribution in [0.25, 0.3) is 0 Å². The topological polar surface area (TPSA) is 18.5 Å². The molecule has 0 N–H and O–H groups in total. The van der Waals surface area contributed by atoms with Crippen LogP contribution in [-0.2, 0) is 22.5 Å². The Bertz CT molecular complexity index is 615. The molecule has 2 heteroatoms. The maximum atomic E-state index is 5.31. The van der Waals surface area contributed by atoms with E-state index in [4.69, 9.17) is 9.47 Å². The van der Waals surface area contributed by atoms with Gasteiger partial charge in [0.25, 0.3) is 0 Å². The fourth-order valence-corrected chi connectivity index (χ4v) is 2.11. The van der Waals surface area contributed by atoms with Crippen molar-refractivity contribution in [1.82, 2.24) is 0 Å². The van der Waals surface area contributed by atoms with Gasteiger partial charge in [-0.3, -0.25) is 0 Å². The van der Waals surface area contributed by atoms with Crippen LogP contribution in [0.2, 0.25) is 0 Å². The first-order valence-corrected chi connectivity index (χ1v) is 7.58. The van der Waals surface area contributed by atoms with E-state index in [-0.39, 0.29) is 0 Å². The second-order valence-electron chi connectivity index (χ2n) is 5.15. The van der Waals surface area contributed by atoms with Gasteiger partial charge in [-0.1, -0.05) is 49.5 Å². The smallest absolute Gasteiger partial charge is 0.146 e. The van der Waals surface area contributed by atoms with Crippen molar-refractivity contribution in [3.05, 3.63) is 70.8 Å².